The fourth-order valence-corrected chi connectivity index (χ4v) is 4.80. The van der Waals surface area contributed by atoms with E-state index in [0.717, 1.165) is 24.2 Å². The van der Waals surface area contributed by atoms with Crippen LogP contribution in [0.5, 0.6) is 0 Å². The van der Waals surface area contributed by atoms with Gasteiger partial charge in [-0.25, -0.2) is 0 Å². The van der Waals surface area contributed by atoms with Gasteiger partial charge in [-0.15, -0.1) is 0 Å². The van der Waals surface area contributed by atoms with Crippen LogP contribution < -0.4 is 5.32 Å². The predicted octanol–water partition coefficient (Wildman–Crippen LogP) is 1.85. The molecule has 3 fully saturated rings. The van der Waals surface area contributed by atoms with E-state index < -0.39 is 25.0 Å². The number of anilines is 1. The van der Waals surface area contributed by atoms with Crippen molar-refractivity contribution >= 4 is 41.0 Å². The molecule has 0 unspecified atom stereocenters. The largest absolute Gasteiger partial charge is 0.454 e. The molecule has 1 aromatic carbocycles. The second-order valence-electron chi connectivity index (χ2n) is 7.36. The van der Waals surface area contributed by atoms with E-state index in [9.17, 15) is 19.2 Å². The third-order valence-electron chi connectivity index (χ3n) is 5.80. The SMILES string of the molecule is O=C(COC(=O)CN1C(=O)[C@@H]2[C@H]3CC[C@@H](C3)[C@@H]2C1=O)Nc1ccc(Cl)cc1. The molecule has 2 bridgehead atoms. The minimum Gasteiger partial charge on any atom is -0.454 e. The van der Waals surface area contributed by atoms with Crippen LogP contribution in [0.3, 0.4) is 0 Å². The van der Waals surface area contributed by atoms with E-state index in [1.165, 1.54) is 0 Å². The van der Waals surface area contributed by atoms with E-state index in [2.05, 4.69) is 5.32 Å². The van der Waals surface area contributed by atoms with Crippen LogP contribution in [0.25, 0.3) is 0 Å². The maximum Gasteiger partial charge on any atom is 0.326 e. The molecule has 2 aliphatic carbocycles. The minimum absolute atomic E-state index is 0.264. The number of fused-ring (bicyclic) bond motifs is 5. The molecule has 142 valence electrons. The van der Waals surface area contributed by atoms with Gasteiger partial charge in [0.15, 0.2) is 6.61 Å². The second kappa shape index (κ2) is 6.96. The molecule has 1 aromatic rings. The third-order valence-corrected chi connectivity index (χ3v) is 6.05. The van der Waals surface area contributed by atoms with Gasteiger partial charge in [-0.05, 0) is 55.4 Å². The molecule has 7 nitrogen and oxygen atoms in total. The number of nitrogens with one attached hydrogen (secondary N) is 1. The highest BCUT2D eigenvalue weighted by Crippen LogP contribution is 2.56. The Bertz CT molecular complexity index is 781. The van der Waals surface area contributed by atoms with E-state index in [1.54, 1.807) is 24.3 Å². The lowest BCUT2D eigenvalue weighted by molar-refractivity contribution is -0.154. The van der Waals surface area contributed by atoms with Crippen LogP contribution in [0.2, 0.25) is 5.02 Å². The Morgan fingerprint density at radius 1 is 1.07 bits per heavy atom. The maximum atomic E-state index is 12.5. The first-order valence-electron chi connectivity index (χ1n) is 9.00. The Kier molecular flexibility index (Phi) is 4.63. The molecule has 4 rings (SSSR count). The van der Waals surface area contributed by atoms with Crippen molar-refractivity contribution in [1.29, 1.82) is 0 Å². The number of likely N-dealkylation sites (tertiary alicyclic amines) is 1. The molecule has 1 saturated heterocycles. The molecule has 3 amide bonds. The standard InChI is InChI=1S/C19H19ClN2O5/c20-12-3-5-13(6-4-12)21-14(23)9-27-15(24)8-22-18(25)16-10-1-2-11(7-10)17(16)19(22)26/h3-6,10-11,16-17H,1-2,7-9H2,(H,21,23)/t10-,11-,16-,17+/m0/s1. The Morgan fingerprint density at radius 3 is 2.26 bits per heavy atom. The van der Waals surface area contributed by atoms with Crippen molar-refractivity contribution < 1.29 is 23.9 Å². The van der Waals surface area contributed by atoms with Crippen molar-refractivity contribution in [1.82, 2.24) is 4.90 Å². The molecule has 0 aromatic heterocycles. The van der Waals surface area contributed by atoms with Crippen molar-refractivity contribution in [3.8, 4) is 0 Å². The van der Waals surface area contributed by atoms with Gasteiger partial charge in [0.25, 0.3) is 5.91 Å². The summed E-state index contributed by atoms with van der Waals surface area (Å²) in [4.78, 5) is 50.0. The molecule has 8 heteroatoms. The molecule has 2 saturated carbocycles. The fourth-order valence-electron chi connectivity index (χ4n) is 4.68. The highest BCUT2D eigenvalue weighted by Gasteiger charge is 2.61. The van der Waals surface area contributed by atoms with E-state index in [-0.39, 0.29) is 35.5 Å². The Balaban J connectivity index is 1.28. The van der Waals surface area contributed by atoms with E-state index >= 15 is 0 Å². The molecular formula is C19H19ClN2O5. The van der Waals surface area contributed by atoms with E-state index in [1.807, 2.05) is 0 Å². The van der Waals surface area contributed by atoms with Crippen molar-refractivity contribution in [3.05, 3.63) is 29.3 Å². The number of benzene rings is 1. The summed E-state index contributed by atoms with van der Waals surface area (Å²) in [6.45, 7) is -0.923. The number of amides is 3. The van der Waals surface area contributed by atoms with Gasteiger partial charge in [-0.3, -0.25) is 24.1 Å². The van der Waals surface area contributed by atoms with Crippen LogP contribution in [-0.4, -0.2) is 41.7 Å². The molecule has 27 heavy (non-hydrogen) atoms. The molecule has 0 spiro atoms. The van der Waals surface area contributed by atoms with Crippen molar-refractivity contribution in [2.75, 3.05) is 18.5 Å². The number of ether oxygens (including phenoxy) is 1. The summed E-state index contributed by atoms with van der Waals surface area (Å²) in [5.74, 6) is -1.81. The summed E-state index contributed by atoms with van der Waals surface area (Å²) in [6, 6.07) is 6.49. The van der Waals surface area contributed by atoms with Gasteiger partial charge < -0.3 is 10.1 Å². The predicted molar refractivity (Wildman–Crippen MR) is 95.6 cm³/mol. The smallest absolute Gasteiger partial charge is 0.326 e. The summed E-state index contributed by atoms with van der Waals surface area (Å²) in [5, 5.41) is 3.11. The van der Waals surface area contributed by atoms with Gasteiger partial charge in [-0.2, -0.15) is 0 Å². The lowest BCUT2D eigenvalue weighted by Crippen LogP contribution is -2.38. The van der Waals surface area contributed by atoms with Gasteiger partial charge in [0.05, 0.1) is 11.8 Å². The van der Waals surface area contributed by atoms with Gasteiger partial charge >= 0.3 is 5.97 Å². The topological polar surface area (TPSA) is 92.8 Å². The van der Waals surface area contributed by atoms with Gasteiger partial charge in [-0.1, -0.05) is 11.6 Å². The Hall–Kier alpha value is -2.41. The summed E-state index contributed by atoms with van der Waals surface area (Å²) in [6.07, 6.45) is 2.90. The highest BCUT2D eigenvalue weighted by atomic mass is 35.5. The lowest BCUT2D eigenvalue weighted by atomic mass is 9.81. The van der Waals surface area contributed by atoms with Crippen LogP contribution in [0.4, 0.5) is 5.69 Å². The molecule has 0 radical (unpaired) electrons. The number of rotatable bonds is 5. The zero-order valence-electron chi connectivity index (χ0n) is 14.5. The Labute approximate surface area is 161 Å². The van der Waals surface area contributed by atoms with Crippen LogP contribution in [-0.2, 0) is 23.9 Å². The Morgan fingerprint density at radius 2 is 1.67 bits per heavy atom. The maximum absolute atomic E-state index is 12.5. The molecule has 1 heterocycles. The van der Waals surface area contributed by atoms with Crippen LogP contribution >= 0.6 is 11.6 Å². The zero-order valence-corrected chi connectivity index (χ0v) is 15.3. The van der Waals surface area contributed by atoms with E-state index in [0.29, 0.717) is 10.7 Å². The molecule has 4 atom stereocenters. The number of carbonyl (C=O) groups excluding carboxylic acids is 4. The number of imide groups is 1. The normalized spacial score (nSPS) is 28.4. The fraction of sp³-hybridized carbons (Fsp3) is 0.474. The summed E-state index contributed by atoms with van der Waals surface area (Å²) >= 11 is 5.77. The van der Waals surface area contributed by atoms with Crippen LogP contribution in [0.15, 0.2) is 24.3 Å². The number of halogens is 1. The van der Waals surface area contributed by atoms with E-state index in [4.69, 9.17) is 16.3 Å². The average molecular weight is 391 g/mol. The van der Waals surface area contributed by atoms with Gasteiger partial charge in [0, 0.05) is 10.7 Å². The van der Waals surface area contributed by atoms with Crippen molar-refractivity contribution in [2.24, 2.45) is 23.7 Å². The number of nitrogens with zero attached hydrogens (tertiary/aromatic N) is 1. The lowest BCUT2D eigenvalue weighted by Gasteiger charge is -2.19. The molecule has 1 aliphatic heterocycles. The first-order chi connectivity index (χ1) is 12.9. The molecule has 1 N–H and O–H groups in total. The monoisotopic (exact) mass is 390 g/mol. The number of hydrogen-bond donors (Lipinski definition) is 1. The average Bonchev–Trinajstić information content (AvgIpc) is 3.32. The molecule has 3 aliphatic rings. The highest BCUT2D eigenvalue weighted by molar-refractivity contribution is 6.30. The number of carbonyl (C=O) groups is 4. The van der Waals surface area contributed by atoms with Gasteiger partial charge in [0.1, 0.15) is 6.54 Å². The third kappa shape index (κ3) is 3.32. The van der Waals surface area contributed by atoms with Crippen LogP contribution in [0.1, 0.15) is 19.3 Å². The second-order valence-corrected chi connectivity index (χ2v) is 7.80. The van der Waals surface area contributed by atoms with Gasteiger partial charge in [0.2, 0.25) is 11.8 Å². The van der Waals surface area contributed by atoms with Crippen molar-refractivity contribution in [3.63, 3.8) is 0 Å². The quantitative estimate of drug-likeness (QED) is 0.611. The number of hydrogen-bond acceptors (Lipinski definition) is 5. The zero-order chi connectivity index (χ0) is 19.1. The van der Waals surface area contributed by atoms with Crippen molar-refractivity contribution in [2.45, 2.75) is 19.3 Å². The summed E-state index contributed by atoms with van der Waals surface area (Å²) in [5.41, 5.74) is 0.522. The summed E-state index contributed by atoms with van der Waals surface area (Å²) < 4.78 is 4.93. The first-order valence-corrected chi connectivity index (χ1v) is 9.38. The first kappa shape index (κ1) is 18.0. The van der Waals surface area contributed by atoms with Crippen LogP contribution in [0, 0.1) is 23.7 Å². The number of esters is 1. The molecular weight excluding hydrogens is 372 g/mol. The minimum atomic E-state index is -0.768. The summed E-state index contributed by atoms with van der Waals surface area (Å²) in [7, 11) is 0.